The predicted octanol–water partition coefficient (Wildman–Crippen LogP) is 2.36. The van der Waals surface area contributed by atoms with Gasteiger partial charge in [0.05, 0.1) is 0 Å². The fraction of sp³-hybridized carbons (Fsp3) is 0.286. The van der Waals surface area contributed by atoms with E-state index in [0.29, 0.717) is 18.7 Å². The van der Waals surface area contributed by atoms with E-state index in [1.807, 2.05) is 44.2 Å². The van der Waals surface area contributed by atoms with Gasteiger partial charge in [-0.2, -0.15) is 0 Å². The van der Waals surface area contributed by atoms with E-state index < -0.39 is 0 Å². The number of carbonyl (C=O) groups is 2. The Morgan fingerprint density at radius 1 is 1.22 bits per heavy atom. The maximum Gasteiger partial charge on any atom is 0.258 e. The highest BCUT2D eigenvalue weighted by atomic mass is 16.5. The molecule has 2 aromatic rings. The van der Waals surface area contributed by atoms with Crippen molar-refractivity contribution in [2.45, 2.75) is 26.3 Å². The van der Waals surface area contributed by atoms with E-state index in [1.165, 1.54) is 6.08 Å². The minimum atomic E-state index is -0.156. The first-order chi connectivity index (χ1) is 13.0. The standard InChI is InChI=1S/C21H25N3O3/c1-16(2)24-21(26)15-27-19-7-3-5-17(13-19)10-12-23-20(25)9-8-18-6-4-11-22-14-18/h3-9,11,13-14,16H,10,12,15H2,1-2H3,(H,23,25)(H,24,26)/b9-8+. The summed E-state index contributed by atoms with van der Waals surface area (Å²) in [6.45, 7) is 4.29. The summed E-state index contributed by atoms with van der Waals surface area (Å²) in [5.41, 5.74) is 1.90. The molecule has 2 amide bonds. The normalized spacial score (nSPS) is 10.8. The van der Waals surface area contributed by atoms with Gasteiger partial charge in [-0.1, -0.05) is 18.2 Å². The van der Waals surface area contributed by atoms with Crippen molar-refractivity contribution in [3.63, 3.8) is 0 Å². The van der Waals surface area contributed by atoms with Gasteiger partial charge in [-0.3, -0.25) is 14.6 Å². The summed E-state index contributed by atoms with van der Waals surface area (Å²) >= 11 is 0. The summed E-state index contributed by atoms with van der Waals surface area (Å²) in [5, 5.41) is 5.62. The average molecular weight is 367 g/mol. The van der Waals surface area contributed by atoms with Crippen molar-refractivity contribution in [1.82, 2.24) is 15.6 Å². The minimum Gasteiger partial charge on any atom is -0.484 e. The maximum atomic E-state index is 11.9. The molecule has 2 rings (SSSR count). The second-order valence-electron chi connectivity index (χ2n) is 6.32. The smallest absolute Gasteiger partial charge is 0.258 e. The lowest BCUT2D eigenvalue weighted by molar-refractivity contribution is -0.123. The van der Waals surface area contributed by atoms with Gasteiger partial charge >= 0.3 is 0 Å². The lowest BCUT2D eigenvalue weighted by Gasteiger charge is -2.10. The molecule has 0 fully saturated rings. The van der Waals surface area contributed by atoms with Gasteiger partial charge in [0.2, 0.25) is 5.91 Å². The molecule has 1 heterocycles. The number of nitrogens with zero attached hydrogens (tertiary/aromatic N) is 1. The second kappa shape index (κ2) is 10.8. The molecule has 142 valence electrons. The number of aromatic nitrogens is 1. The highest BCUT2D eigenvalue weighted by molar-refractivity contribution is 5.91. The van der Waals surface area contributed by atoms with E-state index in [9.17, 15) is 9.59 Å². The third-order valence-corrected chi connectivity index (χ3v) is 3.54. The van der Waals surface area contributed by atoms with Crippen LogP contribution in [0.15, 0.2) is 54.9 Å². The first-order valence-electron chi connectivity index (χ1n) is 8.90. The molecule has 6 heteroatoms. The topological polar surface area (TPSA) is 80.3 Å². The Morgan fingerprint density at radius 3 is 2.81 bits per heavy atom. The van der Waals surface area contributed by atoms with E-state index in [-0.39, 0.29) is 24.5 Å². The molecule has 0 aliphatic heterocycles. The van der Waals surface area contributed by atoms with Crippen LogP contribution >= 0.6 is 0 Å². The Morgan fingerprint density at radius 2 is 2.07 bits per heavy atom. The number of hydrogen-bond acceptors (Lipinski definition) is 4. The number of ether oxygens (including phenoxy) is 1. The molecule has 0 saturated heterocycles. The molecule has 1 aromatic carbocycles. The highest BCUT2D eigenvalue weighted by Crippen LogP contribution is 2.13. The van der Waals surface area contributed by atoms with Crippen molar-refractivity contribution < 1.29 is 14.3 Å². The Labute approximate surface area is 159 Å². The second-order valence-corrected chi connectivity index (χ2v) is 6.32. The van der Waals surface area contributed by atoms with Crippen LogP contribution in [0.1, 0.15) is 25.0 Å². The highest BCUT2D eigenvalue weighted by Gasteiger charge is 2.05. The fourth-order valence-corrected chi connectivity index (χ4v) is 2.34. The fourth-order valence-electron chi connectivity index (χ4n) is 2.34. The molecule has 0 aliphatic carbocycles. The Kier molecular flexibility index (Phi) is 8.03. The molecule has 0 atom stereocenters. The van der Waals surface area contributed by atoms with Crippen molar-refractivity contribution in [2.24, 2.45) is 0 Å². The quantitative estimate of drug-likeness (QED) is 0.667. The van der Waals surface area contributed by atoms with Gasteiger partial charge in [0.1, 0.15) is 5.75 Å². The molecule has 0 radical (unpaired) electrons. The molecule has 0 spiro atoms. The van der Waals surface area contributed by atoms with Crippen molar-refractivity contribution in [1.29, 1.82) is 0 Å². The number of benzene rings is 1. The lowest BCUT2D eigenvalue weighted by atomic mass is 10.1. The Hall–Kier alpha value is -3.15. The Balaban J connectivity index is 1.75. The number of nitrogens with one attached hydrogen (secondary N) is 2. The Bertz CT molecular complexity index is 773. The summed E-state index contributed by atoms with van der Waals surface area (Å²) in [7, 11) is 0. The minimum absolute atomic E-state index is 0.0164. The number of hydrogen-bond donors (Lipinski definition) is 2. The van der Waals surface area contributed by atoms with Crippen molar-refractivity contribution >= 4 is 17.9 Å². The SMILES string of the molecule is CC(C)NC(=O)COc1cccc(CCNC(=O)/C=C/c2cccnc2)c1. The van der Waals surface area contributed by atoms with Crippen molar-refractivity contribution in [3.8, 4) is 5.75 Å². The van der Waals surface area contributed by atoms with Gasteiger partial charge in [-0.05, 0) is 55.7 Å². The first-order valence-corrected chi connectivity index (χ1v) is 8.90. The molecular weight excluding hydrogens is 342 g/mol. The number of pyridine rings is 1. The first kappa shape index (κ1) is 20.2. The largest absolute Gasteiger partial charge is 0.484 e. The van der Waals surface area contributed by atoms with Gasteiger partial charge in [0.15, 0.2) is 6.61 Å². The van der Waals surface area contributed by atoms with Gasteiger partial charge < -0.3 is 15.4 Å². The molecular formula is C21H25N3O3. The van der Waals surface area contributed by atoms with Crippen LogP contribution in [0, 0.1) is 0 Å². The van der Waals surface area contributed by atoms with Gasteiger partial charge in [-0.25, -0.2) is 0 Å². The van der Waals surface area contributed by atoms with Crippen molar-refractivity contribution in [2.75, 3.05) is 13.2 Å². The maximum absolute atomic E-state index is 11.9. The molecule has 0 unspecified atom stereocenters. The van der Waals surface area contributed by atoms with Crippen LogP contribution in [-0.4, -0.2) is 36.0 Å². The van der Waals surface area contributed by atoms with Crippen LogP contribution in [0.25, 0.3) is 6.08 Å². The van der Waals surface area contributed by atoms with Crippen LogP contribution in [0.2, 0.25) is 0 Å². The van der Waals surface area contributed by atoms with E-state index in [4.69, 9.17) is 4.74 Å². The monoisotopic (exact) mass is 367 g/mol. The van der Waals surface area contributed by atoms with Crippen LogP contribution in [-0.2, 0) is 16.0 Å². The summed E-state index contributed by atoms with van der Waals surface area (Å²) in [5.74, 6) is 0.328. The van der Waals surface area contributed by atoms with E-state index in [0.717, 1.165) is 11.1 Å². The van der Waals surface area contributed by atoms with E-state index >= 15 is 0 Å². The summed E-state index contributed by atoms with van der Waals surface area (Å²) in [6, 6.07) is 11.3. The van der Waals surface area contributed by atoms with Gasteiger partial charge in [0.25, 0.3) is 5.91 Å². The summed E-state index contributed by atoms with van der Waals surface area (Å²) in [6.07, 6.45) is 7.26. The third kappa shape index (κ3) is 8.18. The molecule has 2 N–H and O–H groups in total. The van der Waals surface area contributed by atoms with E-state index in [2.05, 4.69) is 15.6 Å². The van der Waals surface area contributed by atoms with Crippen LogP contribution in [0.3, 0.4) is 0 Å². The molecule has 1 aromatic heterocycles. The zero-order valence-electron chi connectivity index (χ0n) is 15.6. The van der Waals surface area contributed by atoms with Crippen LogP contribution < -0.4 is 15.4 Å². The zero-order valence-corrected chi connectivity index (χ0v) is 15.6. The molecule has 27 heavy (non-hydrogen) atoms. The van der Waals surface area contributed by atoms with Gasteiger partial charge in [0, 0.05) is 31.1 Å². The number of amides is 2. The number of carbonyl (C=O) groups excluding carboxylic acids is 2. The molecule has 0 saturated carbocycles. The summed E-state index contributed by atoms with van der Waals surface area (Å²) < 4.78 is 5.51. The summed E-state index contributed by atoms with van der Waals surface area (Å²) in [4.78, 5) is 27.5. The third-order valence-electron chi connectivity index (χ3n) is 3.54. The molecule has 0 aliphatic rings. The van der Waals surface area contributed by atoms with Crippen LogP contribution in [0.5, 0.6) is 5.75 Å². The van der Waals surface area contributed by atoms with Gasteiger partial charge in [-0.15, -0.1) is 0 Å². The zero-order chi connectivity index (χ0) is 19.5. The van der Waals surface area contributed by atoms with Crippen molar-refractivity contribution in [3.05, 3.63) is 66.0 Å². The van der Waals surface area contributed by atoms with Crippen LogP contribution in [0.4, 0.5) is 0 Å². The lowest BCUT2D eigenvalue weighted by Crippen LogP contribution is -2.34. The van der Waals surface area contributed by atoms with E-state index in [1.54, 1.807) is 24.5 Å². The average Bonchev–Trinajstić information content (AvgIpc) is 2.65. The molecule has 0 bridgehead atoms. The molecule has 6 nitrogen and oxygen atoms in total. The number of rotatable bonds is 9. The predicted molar refractivity (Wildman–Crippen MR) is 105 cm³/mol.